The van der Waals surface area contributed by atoms with Crippen molar-refractivity contribution >= 4 is 22.1 Å². The zero-order chi connectivity index (χ0) is 6.69. The molecule has 3 nitrogen and oxygen atoms in total. The van der Waals surface area contributed by atoms with Gasteiger partial charge in [-0.1, -0.05) is 5.16 Å². The monoisotopic (exact) mass is 189 g/mol. The molecule has 0 aliphatic rings. The van der Waals surface area contributed by atoms with Gasteiger partial charge in [0.1, 0.15) is 12.0 Å². The highest BCUT2D eigenvalue weighted by atomic mass is 79.9. The van der Waals surface area contributed by atoms with E-state index in [1.165, 1.54) is 6.21 Å². The van der Waals surface area contributed by atoms with Gasteiger partial charge in [0, 0.05) is 0 Å². The van der Waals surface area contributed by atoms with Gasteiger partial charge >= 0.3 is 0 Å². The van der Waals surface area contributed by atoms with Crippen LogP contribution in [0.15, 0.2) is 26.4 Å². The van der Waals surface area contributed by atoms with E-state index in [9.17, 15) is 0 Å². The predicted octanol–water partition coefficient (Wildman–Crippen LogP) is 1.85. The van der Waals surface area contributed by atoms with Gasteiger partial charge in [-0.15, -0.1) is 0 Å². The highest BCUT2D eigenvalue weighted by Crippen LogP contribution is 2.11. The molecule has 0 spiro atoms. The molecule has 0 aromatic carbocycles. The van der Waals surface area contributed by atoms with Crippen LogP contribution in [-0.4, -0.2) is 11.4 Å². The highest BCUT2D eigenvalue weighted by Gasteiger charge is 1.92. The Bertz CT molecular complexity index is 218. The molecule has 0 atom stereocenters. The normalized spacial score (nSPS) is 10.8. The average molecular weight is 190 g/mol. The van der Waals surface area contributed by atoms with Crippen molar-refractivity contribution in [3.05, 3.63) is 22.6 Å². The highest BCUT2D eigenvalue weighted by molar-refractivity contribution is 9.10. The van der Waals surface area contributed by atoms with E-state index in [-0.39, 0.29) is 0 Å². The third kappa shape index (κ3) is 1.57. The fourth-order valence-corrected chi connectivity index (χ4v) is 0.774. The standard InChI is InChI=1S/C5H4BrNO2/c6-5-2-1-4(9-5)3-7-8/h1-3,8H/b7-3-. The number of halogens is 1. The summed E-state index contributed by atoms with van der Waals surface area (Å²) in [6.45, 7) is 0. The summed E-state index contributed by atoms with van der Waals surface area (Å²) in [4.78, 5) is 0. The van der Waals surface area contributed by atoms with Crippen molar-refractivity contribution in [2.45, 2.75) is 0 Å². The maximum Gasteiger partial charge on any atom is 0.169 e. The Kier molecular flexibility index (Phi) is 1.89. The molecule has 1 heterocycles. The lowest BCUT2D eigenvalue weighted by molar-refractivity contribution is 0.320. The Morgan fingerprint density at radius 2 is 2.44 bits per heavy atom. The van der Waals surface area contributed by atoms with Gasteiger partial charge in [0.25, 0.3) is 0 Å². The zero-order valence-electron chi connectivity index (χ0n) is 4.41. The van der Waals surface area contributed by atoms with E-state index in [1.54, 1.807) is 12.1 Å². The molecule has 4 heteroatoms. The number of furan rings is 1. The van der Waals surface area contributed by atoms with Crippen LogP contribution in [0.3, 0.4) is 0 Å². The summed E-state index contributed by atoms with van der Waals surface area (Å²) < 4.78 is 5.55. The van der Waals surface area contributed by atoms with Gasteiger partial charge in [-0.2, -0.15) is 0 Å². The lowest BCUT2D eigenvalue weighted by Gasteiger charge is -1.77. The van der Waals surface area contributed by atoms with Gasteiger partial charge in [0.2, 0.25) is 0 Å². The number of oxime groups is 1. The van der Waals surface area contributed by atoms with E-state index in [0.29, 0.717) is 10.4 Å². The number of nitrogens with zero attached hydrogens (tertiary/aromatic N) is 1. The van der Waals surface area contributed by atoms with Crippen LogP contribution in [-0.2, 0) is 0 Å². The molecule has 1 rings (SSSR count). The van der Waals surface area contributed by atoms with Gasteiger partial charge in [-0.3, -0.25) is 0 Å². The first-order valence-electron chi connectivity index (χ1n) is 2.25. The van der Waals surface area contributed by atoms with E-state index in [2.05, 4.69) is 21.1 Å². The summed E-state index contributed by atoms with van der Waals surface area (Å²) in [5.74, 6) is 0.518. The van der Waals surface area contributed by atoms with Crippen molar-refractivity contribution in [3.63, 3.8) is 0 Å². The molecule has 0 aliphatic carbocycles. The maximum atomic E-state index is 8.02. The molecule has 0 saturated carbocycles. The minimum Gasteiger partial charge on any atom is -0.448 e. The molecule has 0 radical (unpaired) electrons. The van der Waals surface area contributed by atoms with Crippen molar-refractivity contribution in [2.24, 2.45) is 5.16 Å². The second kappa shape index (κ2) is 2.68. The van der Waals surface area contributed by atoms with Gasteiger partial charge < -0.3 is 9.62 Å². The first-order valence-corrected chi connectivity index (χ1v) is 3.05. The van der Waals surface area contributed by atoms with E-state index >= 15 is 0 Å². The Morgan fingerprint density at radius 1 is 1.67 bits per heavy atom. The van der Waals surface area contributed by atoms with Crippen molar-refractivity contribution < 1.29 is 9.62 Å². The smallest absolute Gasteiger partial charge is 0.169 e. The zero-order valence-corrected chi connectivity index (χ0v) is 6.00. The first-order chi connectivity index (χ1) is 4.33. The van der Waals surface area contributed by atoms with Crippen molar-refractivity contribution in [2.75, 3.05) is 0 Å². The topological polar surface area (TPSA) is 45.7 Å². The first kappa shape index (κ1) is 6.35. The summed E-state index contributed by atoms with van der Waals surface area (Å²) in [5.41, 5.74) is 0. The van der Waals surface area contributed by atoms with Crippen LogP contribution in [0.5, 0.6) is 0 Å². The van der Waals surface area contributed by atoms with Crippen molar-refractivity contribution in [1.82, 2.24) is 0 Å². The Morgan fingerprint density at radius 3 is 2.89 bits per heavy atom. The summed E-state index contributed by atoms with van der Waals surface area (Å²) in [5, 5.41) is 10.8. The van der Waals surface area contributed by atoms with Crippen LogP contribution >= 0.6 is 15.9 Å². The van der Waals surface area contributed by atoms with Gasteiger partial charge in [0.15, 0.2) is 4.67 Å². The summed E-state index contributed by atoms with van der Waals surface area (Å²) in [7, 11) is 0. The average Bonchev–Trinajstić information content (AvgIpc) is 2.17. The van der Waals surface area contributed by atoms with E-state index in [1.807, 2.05) is 0 Å². The minimum absolute atomic E-state index is 0.518. The second-order valence-electron chi connectivity index (χ2n) is 1.39. The van der Waals surface area contributed by atoms with Crippen LogP contribution in [0.4, 0.5) is 0 Å². The lowest BCUT2D eigenvalue weighted by atomic mass is 10.5. The molecule has 0 aliphatic heterocycles. The lowest BCUT2D eigenvalue weighted by Crippen LogP contribution is -1.70. The number of rotatable bonds is 1. The molecular formula is C5H4BrNO2. The van der Waals surface area contributed by atoms with Gasteiger partial charge in [-0.25, -0.2) is 0 Å². The van der Waals surface area contributed by atoms with Crippen LogP contribution in [0.2, 0.25) is 0 Å². The quantitative estimate of drug-likeness (QED) is 0.417. The molecule has 0 bridgehead atoms. The molecule has 1 aromatic rings. The minimum atomic E-state index is 0.518. The van der Waals surface area contributed by atoms with Crippen LogP contribution in [0.1, 0.15) is 5.76 Å². The Balaban J connectivity index is 2.85. The molecule has 0 saturated heterocycles. The number of hydrogen-bond donors (Lipinski definition) is 1. The molecule has 0 unspecified atom stereocenters. The molecule has 1 N–H and O–H groups in total. The molecule has 1 aromatic heterocycles. The van der Waals surface area contributed by atoms with E-state index in [4.69, 9.17) is 9.62 Å². The second-order valence-corrected chi connectivity index (χ2v) is 2.17. The molecule has 9 heavy (non-hydrogen) atoms. The van der Waals surface area contributed by atoms with Crippen LogP contribution in [0, 0.1) is 0 Å². The van der Waals surface area contributed by atoms with Crippen LogP contribution in [0.25, 0.3) is 0 Å². The molecule has 48 valence electrons. The Labute approximate surface area is 60.1 Å². The molecule has 0 amide bonds. The predicted molar refractivity (Wildman–Crippen MR) is 35.8 cm³/mol. The largest absolute Gasteiger partial charge is 0.448 e. The van der Waals surface area contributed by atoms with Crippen molar-refractivity contribution in [3.8, 4) is 0 Å². The molecule has 0 fully saturated rings. The third-order valence-electron chi connectivity index (χ3n) is 0.779. The van der Waals surface area contributed by atoms with Gasteiger partial charge in [-0.05, 0) is 28.1 Å². The van der Waals surface area contributed by atoms with Crippen LogP contribution < -0.4 is 0 Å². The van der Waals surface area contributed by atoms with E-state index in [0.717, 1.165) is 0 Å². The SMILES string of the molecule is O/N=C\c1ccc(Br)o1. The van der Waals surface area contributed by atoms with Gasteiger partial charge in [0.05, 0.1) is 0 Å². The fraction of sp³-hybridized carbons (Fsp3) is 0. The van der Waals surface area contributed by atoms with E-state index < -0.39 is 0 Å². The maximum absolute atomic E-state index is 8.02. The molecular weight excluding hydrogens is 186 g/mol. The van der Waals surface area contributed by atoms with Crippen molar-refractivity contribution in [1.29, 1.82) is 0 Å². The summed E-state index contributed by atoms with van der Waals surface area (Å²) >= 11 is 3.09. The Hall–Kier alpha value is -0.770. The fourth-order valence-electron chi connectivity index (χ4n) is 0.455. The number of hydrogen-bond acceptors (Lipinski definition) is 3. The summed E-state index contributed by atoms with van der Waals surface area (Å²) in [6, 6.07) is 3.40. The third-order valence-corrected chi connectivity index (χ3v) is 1.21. The summed E-state index contributed by atoms with van der Waals surface area (Å²) in [6.07, 6.45) is 1.21.